The maximum absolute atomic E-state index is 15.8. The van der Waals surface area contributed by atoms with Gasteiger partial charge in [0.25, 0.3) is 11.5 Å². The van der Waals surface area contributed by atoms with Crippen molar-refractivity contribution in [2.45, 2.75) is 50.2 Å². The number of fused-ring (bicyclic) bond motifs is 2. The van der Waals surface area contributed by atoms with Gasteiger partial charge in [0, 0.05) is 35.5 Å². The quantitative estimate of drug-likeness (QED) is 0.354. The highest BCUT2D eigenvalue weighted by Gasteiger charge is 2.66. The van der Waals surface area contributed by atoms with E-state index in [2.05, 4.69) is 0 Å². The summed E-state index contributed by atoms with van der Waals surface area (Å²) in [5.41, 5.74) is 0.537. The fourth-order valence-corrected chi connectivity index (χ4v) is 8.88. The molecule has 1 saturated heterocycles. The zero-order valence-electron chi connectivity index (χ0n) is 22.1. The van der Waals surface area contributed by atoms with Gasteiger partial charge >= 0.3 is 0 Å². The van der Waals surface area contributed by atoms with Gasteiger partial charge < -0.3 is 23.6 Å². The molecule has 7 nitrogen and oxygen atoms in total. The zero-order chi connectivity index (χ0) is 27.2. The first kappa shape index (κ1) is 26.3. The average Bonchev–Trinajstić information content (AvgIpc) is 3.31. The fraction of sp³-hybridized carbons (Fsp3) is 0.379. The molecule has 200 valence electrons. The largest absolute Gasteiger partial charge is 0.491 e. The molecule has 1 fully saturated rings. The van der Waals surface area contributed by atoms with Gasteiger partial charge in [-0.25, -0.2) is 0 Å². The van der Waals surface area contributed by atoms with Gasteiger partial charge in [-0.2, -0.15) is 0 Å². The number of rotatable bonds is 7. The number of hydrogen-bond donors (Lipinski definition) is 1. The number of amides is 1. The number of anilines is 1. The number of carbonyl (C=O) groups is 1. The lowest BCUT2D eigenvalue weighted by Gasteiger charge is -2.31. The first-order valence-electron chi connectivity index (χ1n) is 12.9. The molecule has 1 amide bonds. The van der Waals surface area contributed by atoms with E-state index >= 15 is 4.11 Å². The molecule has 1 spiro atoms. The number of pyridine rings is 1. The summed E-state index contributed by atoms with van der Waals surface area (Å²) in [6.45, 7) is 5.32. The van der Waals surface area contributed by atoms with E-state index in [9.17, 15) is 14.7 Å². The standard InChI is InChI=1S/C29H33FN2O5Si/c1-19-26(38(3,4)30)24(14-16-33)37-29(19)22-17-21(31-15-8-11-25(36-2)27(31)34)12-13-23(22)32(28(29)35)18-20-9-6-5-7-10-20/h5-13,15,17,19,24,26,33H,14,16,18H2,1-4H3/t19-,24+,26-,29+/m0/s1. The van der Waals surface area contributed by atoms with Crippen molar-refractivity contribution in [2.75, 3.05) is 18.6 Å². The summed E-state index contributed by atoms with van der Waals surface area (Å²) in [6.07, 6.45) is 1.29. The highest BCUT2D eigenvalue weighted by atomic mass is 28.4. The van der Waals surface area contributed by atoms with Crippen molar-refractivity contribution in [3.8, 4) is 11.4 Å². The van der Waals surface area contributed by atoms with Gasteiger partial charge in [0.1, 0.15) is 0 Å². The molecule has 0 unspecified atom stereocenters. The molecule has 3 heterocycles. The molecule has 2 aliphatic heterocycles. The highest BCUT2D eigenvalue weighted by Crippen LogP contribution is 2.60. The van der Waals surface area contributed by atoms with Gasteiger partial charge in [-0.05, 0) is 55.4 Å². The van der Waals surface area contributed by atoms with Crippen LogP contribution in [0.15, 0.2) is 71.7 Å². The molecule has 0 aliphatic carbocycles. The van der Waals surface area contributed by atoms with Crippen LogP contribution in [0.1, 0.15) is 24.5 Å². The molecule has 1 aromatic heterocycles. The summed E-state index contributed by atoms with van der Waals surface area (Å²) in [7, 11) is -1.86. The maximum atomic E-state index is 15.8. The van der Waals surface area contributed by atoms with Crippen molar-refractivity contribution in [1.82, 2.24) is 4.57 Å². The molecule has 4 atom stereocenters. The fourth-order valence-electron chi connectivity index (χ4n) is 6.34. The smallest absolute Gasteiger partial charge is 0.297 e. The minimum absolute atomic E-state index is 0.164. The highest BCUT2D eigenvalue weighted by molar-refractivity contribution is 6.72. The average molecular weight is 537 g/mol. The number of aromatic nitrogens is 1. The van der Waals surface area contributed by atoms with Crippen molar-refractivity contribution in [3.05, 3.63) is 88.3 Å². The van der Waals surface area contributed by atoms with Crippen LogP contribution in [0.4, 0.5) is 9.80 Å². The summed E-state index contributed by atoms with van der Waals surface area (Å²) in [4.78, 5) is 29.1. The Balaban J connectivity index is 1.70. The Labute approximate surface area is 222 Å². The number of aliphatic hydroxyl groups excluding tert-OH is 1. The Morgan fingerprint density at radius 2 is 1.84 bits per heavy atom. The molecule has 0 saturated carbocycles. The normalized spacial score (nSPS) is 24.7. The van der Waals surface area contributed by atoms with E-state index < -0.39 is 31.6 Å². The van der Waals surface area contributed by atoms with E-state index in [0.29, 0.717) is 23.5 Å². The van der Waals surface area contributed by atoms with Gasteiger partial charge in [0.2, 0.25) is 8.41 Å². The minimum atomic E-state index is -3.31. The van der Waals surface area contributed by atoms with Crippen LogP contribution in [-0.4, -0.2) is 43.8 Å². The van der Waals surface area contributed by atoms with Gasteiger partial charge in [-0.1, -0.05) is 37.3 Å². The maximum Gasteiger partial charge on any atom is 0.297 e. The van der Waals surface area contributed by atoms with Crippen molar-refractivity contribution in [3.63, 3.8) is 0 Å². The third-order valence-electron chi connectivity index (χ3n) is 7.95. The third kappa shape index (κ3) is 4.09. The molecular weight excluding hydrogens is 503 g/mol. The summed E-state index contributed by atoms with van der Waals surface area (Å²) in [5.74, 6) is -0.527. The second kappa shape index (κ2) is 9.80. The topological polar surface area (TPSA) is 81.0 Å². The Kier molecular flexibility index (Phi) is 6.79. The molecular formula is C29H33FN2O5Si. The number of hydrogen-bond acceptors (Lipinski definition) is 5. The molecule has 5 rings (SSSR count). The summed E-state index contributed by atoms with van der Waals surface area (Å²) in [5, 5.41) is 9.78. The zero-order valence-corrected chi connectivity index (χ0v) is 23.1. The number of benzene rings is 2. The molecule has 38 heavy (non-hydrogen) atoms. The van der Waals surface area contributed by atoms with Crippen LogP contribution in [0.25, 0.3) is 5.69 Å². The number of ether oxygens (including phenoxy) is 2. The predicted molar refractivity (Wildman–Crippen MR) is 146 cm³/mol. The SMILES string of the molecule is COc1cccn(-c2ccc3c(c2)[C@@]2(O[C@H](CCO)[C@@H]([Si](C)(C)F)[C@@H]2C)C(=O)N3Cc2ccccc2)c1=O. The molecule has 1 N–H and O–H groups in total. The Bertz CT molecular complexity index is 1410. The number of carbonyl (C=O) groups excluding carboxylic acids is 1. The van der Waals surface area contributed by atoms with Crippen LogP contribution in [0.5, 0.6) is 5.75 Å². The summed E-state index contributed by atoms with van der Waals surface area (Å²) < 4.78 is 29.1. The number of halogens is 1. The predicted octanol–water partition coefficient (Wildman–Crippen LogP) is 4.55. The van der Waals surface area contributed by atoms with Crippen LogP contribution in [0.2, 0.25) is 18.6 Å². The van der Waals surface area contributed by atoms with Crippen molar-refractivity contribution in [2.24, 2.45) is 5.92 Å². The van der Waals surface area contributed by atoms with E-state index in [4.69, 9.17) is 9.47 Å². The van der Waals surface area contributed by atoms with E-state index in [1.54, 1.807) is 48.5 Å². The third-order valence-corrected chi connectivity index (χ3v) is 10.4. The molecule has 3 aromatic rings. The molecule has 0 bridgehead atoms. The molecule has 2 aliphatic rings. The minimum Gasteiger partial charge on any atom is -0.491 e. The molecule has 9 heteroatoms. The van der Waals surface area contributed by atoms with Gasteiger partial charge in [-0.3, -0.25) is 14.2 Å². The van der Waals surface area contributed by atoms with Gasteiger partial charge in [0.15, 0.2) is 11.4 Å². The Morgan fingerprint density at radius 1 is 1.11 bits per heavy atom. The monoisotopic (exact) mass is 536 g/mol. The van der Waals surface area contributed by atoms with E-state index in [-0.39, 0.29) is 30.2 Å². The number of nitrogens with zero attached hydrogens (tertiary/aromatic N) is 2. The van der Waals surface area contributed by atoms with Crippen LogP contribution >= 0.6 is 0 Å². The molecule has 2 aromatic carbocycles. The van der Waals surface area contributed by atoms with Crippen molar-refractivity contribution >= 4 is 20.0 Å². The number of aliphatic hydroxyl groups is 1. The van der Waals surface area contributed by atoms with Crippen molar-refractivity contribution in [1.29, 1.82) is 0 Å². The Hall–Kier alpha value is -3.27. The van der Waals surface area contributed by atoms with Crippen LogP contribution in [0, 0.1) is 5.92 Å². The lowest BCUT2D eigenvalue weighted by molar-refractivity contribution is -0.146. The van der Waals surface area contributed by atoms with Crippen LogP contribution in [0.3, 0.4) is 0 Å². The second-order valence-electron chi connectivity index (χ2n) is 10.6. The van der Waals surface area contributed by atoms with E-state index in [0.717, 1.165) is 5.56 Å². The summed E-state index contributed by atoms with van der Waals surface area (Å²) >= 11 is 0. The number of methoxy groups -OCH3 is 1. The summed E-state index contributed by atoms with van der Waals surface area (Å²) in [6, 6.07) is 18.4. The van der Waals surface area contributed by atoms with Gasteiger partial charge in [-0.15, -0.1) is 0 Å². The first-order valence-corrected chi connectivity index (χ1v) is 15.8. The van der Waals surface area contributed by atoms with Crippen LogP contribution in [-0.2, 0) is 21.7 Å². The van der Waals surface area contributed by atoms with Crippen LogP contribution < -0.4 is 15.2 Å². The second-order valence-corrected chi connectivity index (χ2v) is 14.4. The van der Waals surface area contributed by atoms with E-state index in [1.165, 1.54) is 11.7 Å². The van der Waals surface area contributed by atoms with E-state index in [1.807, 2.05) is 43.3 Å². The van der Waals surface area contributed by atoms with Crippen molar-refractivity contribution < 1.29 is 23.5 Å². The Morgan fingerprint density at radius 3 is 2.50 bits per heavy atom. The lowest BCUT2D eigenvalue weighted by atomic mass is 9.82. The lowest BCUT2D eigenvalue weighted by Crippen LogP contribution is -2.45. The first-order chi connectivity index (χ1) is 18.1. The molecule has 0 radical (unpaired) electrons. The van der Waals surface area contributed by atoms with Gasteiger partial charge in [0.05, 0.1) is 25.4 Å².